The molecule has 0 aliphatic carbocycles. The van der Waals surface area contributed by atoms with Gasteiger partial charge in [-0.15, -0.1) is 0 Å². The molecule has 1 amide bonds. The number of aryl methyl sites for hydroxylation is 1. The van der Waals surface area contributed by atoms with Gasteiger partial charge in [-0.3, -0.25) is 4.79 Å². The van der Waals surface area contributed by atoms with Gasteiger partial charge in [0.25, 0.3) is 5.91 Å². The Balaban J connectivity index is 1.78. The number of hydrogen-bond donors (Lipinski definition) is 1. The smallest absolute Gasteiger partial charge is 0.418 e. The molecule has 0 radical (unpaired) electrons. The summed E-state index contributed by atoms with van der Waals surface area (Å²) in [7, 11) is 0. The average Bonchev–Trinajstić information content (AvgIpc) is 2.61. The van der Waals surface area contributed by atoms with Crippen LogP contribution in [0.3, 0.4) is 0 Å². The van der Waals surface area contributed by atoms with Crippen molar-refractivity contribution >= 4 is 45.8 Å². The van der Waals surface area contributed by atoms with Crippen LogP contribution in [0, 0.1) is 6.92 Å². The van der Waals surface area contributed by atoms with Crippen molar-refractivity contribution in [2.45, 2.75) is 13.1 Å². The van der Waals surface area contributed by atoms with Crippen LogP contribution in [0.5, 0.6) is 5.75 Å². The Morgan fingerprint density at radius 2 is 1.90 bits per heavy atom. The maximum absolute atomic E-state index is 13.1. The van der Waals surface area contributed by atoms with Gasteiger partial charge >= 0.3 is 11.8 Å². The molecule has 0 saturated carbocycles. The normalized spacial score (nSPS) is 11.5. The summed E-state index contributed by atoms with van der Waals surface area (Å²) in [6.45, 7) is 1.08. The van der Waals surface area contributed by atoms with Crippen molar-refractivity contribution in [3.05, 3.63) is 68.0 Å². The maximum Gasteiger partial charge on any atom is 0.418 e. The highest BCUT2D eigenvalue weighted by Crippen LogP contribution is 2.36. The van der Waals surface area contributed by atoms with Crippen LogP contribution in [0.2, 0.25) is 10.0 Å². The van der Waals surface area contributed by atoms with Crippen molar-refractivity contribution in [3.63, 3.8) is 0 Å². The molecule has 0 bridgehead atoms. The Hall–Kier alpha value is -2.71. The van der Waals surface area contributed by atoms with Crippen molar-refractivity contribution < 1.29 is 27.1 Å². The van der Waals surface area contributed by atoms with Crippen LogP contribution in [-0.4, -0.2) is 12.5 Å². The molecule has 152 valence electrons. The fourth-order valence-electron chi connectivity index (χ4n) is 2.62. The second kappa shape index (κ2) is 7.96. The number of rotatable bonds is 4. The van der Waals surface area contributed by atoms with Gasteiger partial charge in [0.2, 0.25) is 0 Å². The maximum atomic E-state index is 13.1. The number of hydrogen-bond acceptors (Lipinski definition) is 4. The second-order valence-electron chi connectivity index (χ2n) is 6.05. The van der Waals surface area contributed by atoms with E-state index in [9.17, 15) is 22.8 Å². The number of fused-ring (bicyclic) bond motifs is 1. The highest BCUT2D eigenvalue weighted by Gasteiger charge is 2.34. The molecule has 1 N–H and O–H groups in total. The summed E-state index contributed by atoms with van der Waals surface area (Å²) < 4.78 is 49.7. The first-order valence-corrected chi connectivity index (χ1v) is 8.83. The Labute approximate surface area is 172 Å². The summed E-state index contributed by atoms with van der Waals surface area (Å²) in [6, 6.07) is 7.12. The Bertz CT molecular complexity index is 1160. The number of nitrogens with one attached hydrogen (secondary N) is 1. The van der Waals surface area contributed by atoms with Gasteiger partial charge in [0, 0.05) is 22.5 Å². The van der Waals surface area contributed by atoms with Crippen LogP contribution in [0.1, 0.15) is 11.1 Å². The van der Waals surface area contributed by atoms with E-state index >= 15 is 0 Å². The van der Waals surface area contributed by atoms with Crippen LogP contribution < -0.4 is 15.7 Å². The minimum absolute atomic E-state index is 0.0372. The molecule has 0 atom stereocenters. The zero-order valence-electron chi connectivity index (χ0n) is 14.7. The minimum Gasteiger partial charge on any atom is -0.482 e. The lowest BCUT2D eigenvalue weighted by molar-refractivity contribution is -0.137. The molecule has 0 saturated heterocycles. The molecule has 5 nitrogen and oxygen atoms in total. The van der Waals surface area contributed by atoms with Gasteiger partial charge in [0.05, 0.1) is 16.3 Å². The molecule has 1 heterocycles. The third kappa shape index (κ3) is 4.83. The molecular formula is C19H12Cl2F3NO4. The number of ether oxygens (including phenoxy) is 1. The van der Waals surface area contributed by atoms with Gasteiger partial charge in [-0.05, 0) is 36.8 Å². The quantitative estimate of drug-likeness (QED) is 0.542. The number of benzene rings is 2. The lowest BCUT2D eigenvalue weighted by Gasteiger charge is -2.15. The van der Waals surface area contributed by atoms with Crippen LogP contribution in [-0.2, 0) is 11.0 Å². The fourth-order valence-corrected chi connectivity index (χ4v) is 3.01. The second-order valence-corrected chi connectivity index (χ2v) is 6.90. The van der Waals surface area contributed by atoms with Gasteiger partial charge < -0.3 is 14.5 Å². The van der Waals surface area contributed by atoms with Gasteiger partial charge in [0.15, 0.2) is 6.61 Å². The predicted octanol–water partition coefficient (Wildman–Crippen LogP) is 5.44. The Morgan fingerprint density at radius 3 is 2.59 bits per heavy atom. The summed E-state index contributed by atoms with van der Waals surface area (Å²) in [6.07, 6.45) is -4.70. The molecule has 0 unspecified atom stereocenters. The summed E-state index contributed by atoms with van der Waals surface area (Å²) >= 11 is 11.7. The molecule has 10 heteroatoms. The highest BCUT2D eigenvalue weighted by molar-refractivity contribution is 6.33. The van der Waals surface area contributed by atoms with Crippen LogP contribution in [0.4, 0.5) is 18.9 Å². The largest absolute Gasteiger partial charge is 0.482 e. The molecule has 3 rings (SSSR count). The first kappa shape index (κ1) is 21.0. The van der Waals surface area contributed by atoms with Crippen LogP contribution in [0.15, 0.2) is 45.6 Å². The molecule has 2 aromatic carbocycles. The van der Waals surface area contributed by atoms with E-state index in [2.05, 4.69) is 5.32 Å². The van der Waals surface area contributed by atoms with Gasteiger partial charge in [-0.2, -0.15) is 13.2 Å². The Morgan fingerprint density at radius 1 is 1.17 bits per heavy atom. The molecule has 0 aliphatic rings. The lowest BCUT2D eigenvalue weighted by atomic mass is 10.1. The molecule has 0 spiro atoms. The molecule has 0 fully saturated rings. The van der Waals surface area contributed by atoms with Gasteiger partial charge in [-0.1, -0.05) is 23.2 Å². The minimum atomic E-state index is -4.70. The average molecular weight is 446 g/mol. The first-order valence-electron chi connectivity index (χ1n) is 8.08. The van der Waals surface area contributed by atoms with E-state index in [0.29, 0.717) is 17.0 Å². The highest BCUT2D eigenvalue weighted by atomic mass is 35.5. The van der Waals surface area contributed by atoms with E-state index in [1.165, 1.54) is 24.3 Å². The van der Waals surface area contributed by atoms with Crippen LogP contribution in [0.25, 0.3) is 11.0 Å². The zero-order valence-corrected chi connectivity index (χ0v) is 16.2. The van der Waals surface area contributed by atoms with Gasteiger partial charge in [0.1, 0.15) is 11.3 Å². The predicted molar refractivity (Wildman–Crippen MR) is 103 cm³/mol. The summed E-state index contributed by atoms with van der Waals surface area (Å²) in [5.74, 6) is -0.810. The van der Waals surface area contributed by atoms with Crippen molar-refractivity contribution in [3.8, 4) is 5.75 Å². The van der Waals surface area contributed by atoms with E-state index in [4.69, 9.17) is 32.4 Å². The summed E-state index contributed by atoms with van der Waals surface area (Å²) in [5.41, 5.74) is -1.26. The van der Waals surface area contributed by atoms with Gasteiger partial charge in [-0.25, -0.2) is 4.79 Å². The lowest BCUT2D eigenvalue weighted by Crippen LogP contribution is -2.22. The topological polar surface area (TPSA) is 68.5 Å². The number of halogens is 5. The monoisotopic (exact) mass is 445 g/mol. The number of carbonyl (C=O) groups excluding carboxylic acids is 1. The summed E-state index contributed by atoms with van der Waals surface area (Å²) in [5, 5.41) is 2.74. The van der Waals surface area contributed by atoms with E-state index in [0.717, 1.165) is 6.07 Å². The number of alkyl halides is 3. The van der Waals surface area contributed by atoms with Crippen molar-refractivity contribution in [2.75, 3.05) is 11.9 Å². The number of anilines is 1. The zero-order chi connectivity index (χ0) is 21.3. The molecule has 29 heavy (non-hydrogen) atoms. The molecule has 0 aliphatic heterocycles. The van der Waals surface area contributed by atoms with Crippen molar-refractivity contribution in [2.24, 2.45) is 0 Å². The summed E-state index contributed by atoms with van der Waals surface area (Å²) in [4.78, 5) is 23.6. The Kier molecular flexibility index (Phi) is 5.77. The number of amides is 1. The van der Waals surface area contributed by atoms with E-state index in [-0.39, 0.29) is 21.4 Å². The molecule has 1 aromatic heterocycles. The van der Waals surface area contributed by atoms with E-state index in [1.807, 2.05) is 0 Å². The first-order chi connectivity index (χ1) is 13.5. The van der Waals surface area contributed by atoms with Crippen molar-refractivity contribution in [1.82, 2.24) is 0 Å². The van der Waals surface area contributed by atoms with Crippen LogP contribution >= 0.6 is 23.2 Å². The third-order valence-corrected chi connectivity index (χ3v) is 4.45. The molecule has 3 aromatic rings. The number of carbonyl (C=O) groups is 1. The fraction of sp³-hybridized carbons (Fsp3) is 0.158. The SMILES string of the molecule is Cc1cc(=O)oc2cc(OCC(=O)Nc3ccc(Cl)cc3C(F)(F)F)c(Cl)cc12. The molecular weight excluding hydrogens is 434 g/mol. The third-order valence-electron chi connectivity index (χ3n) is 3.92. The van der Waals surface area contributed by atoms with E-state index in [1.54, 1.807) is 6.92 Å². The standard InChI is InChI=1S/C19H12Cl2F3NO4/c1-9-4-18(27)29-15-7-16(13(21)6-11(9)15)28-8-17(26)25-14-3-2-10(20)5-12(14)19(22,23)24/h2-7H,8H2,1H3,(H,25,26). The van der Waals surface area contributed by atoms with Crippen molar-refractivity contribution in [1.29, 1.82) is 0 Å². The van der Waals surface area contributed by atoms with E-state index < -0.39 is 35.6 Å².